The van der Waals surface area contributed by atoms with Crippen LogP contribution >= 0.6 is 0 Å². The van der Waals surface area contributed by atoms with Crippen molar-refractivity contribution in [3.05, 3.63) is 35.4 Å². The zero-order valence-electron chi connectivity index (χ0n) is 15.4. The van der Waals surface area contributed by atoms with Crippen molar-refractivity contribution >= 4 is 5.78 Å². The molecule has 1 aliphatic rings. The van der Waals surface area contributed by atoms with Crippen LogP contribution in [0.15, 0.2) is 24.3 Å². The molecule has 1 saturated carbocycles. The first kappa shape index (κ1) is 19.6. The minimum atomic E-state index is -0.417. The summed E-state index contributed by atoms with van der Waals surface area (Å²) in [6.45, 7) is 4.92. The Morgan fingerprint density at radius 2 is 1.80 bits per heavy atom. The Morgan fingerprint density at radius 3 is 2.40 bits per heavy atom. The molecule has 4 heteroatoms. The molecule has 2 rings (SSSR count). The summed E-state index contributed by atoms with van der Waals surface area (Å²) in [7, 11) is 0. The van der Waals surface area contributed by atoms with Gasteiger partial charge in [-0.1, -0.05) is 37.5 Å². The van der Waals surface area contributed by atoms with E-state index in [4.69, 9.17) is 9.47 Å². The highest BCUT2D eigenvalue weighted by atomic mass is 16.7. The molecule has 0 heterocycles. The first-order chi connectivity index (χ1) is 12.2. The van der Waals surface area contributed by atoms with Crippen LogP contribution in [0.25, 0.3) is 0 Å². The number of Topliss-reactive ketones (excluding diaryl/α,β-unsaturated/α-hetero) is 1. The summed E-state index contributed by atoms with van der Waals surface area (Å²) in [4.78, 5) is 13.3. The second-order valence-electron chi connectivity index (χ2n) is 6.56. The van der Waals surface area contributed by atoms with Crippen LogP contribution in [0.1, 0.15) is 69.4 Å². The van der Waals surface area contributed by atoms with E-state index >= 15 is 0 Å². The van der Waals surface area contributed by atoms with Gasteiger partial charge < -0.3 is 9.47 Å². The smallest absolute Gasteiger partial charge is 0.158 e. The molecule has 0 radical (unpaired) electrons. The molecule has 4 nitrogen and oxygen atoms in total. The number of ketones is 1. The highest BCUT2D eigenvalue weighted by Gasteiger charge is 2.32. The van der Waals surface area contributed by atoms with E-state index in [2.05, 4.69) is 6.07 Å². The molecule has 1 aromatic rings. The Balaban J connectivity index is 2.29. The molecule has 25 heavy (non-hydrogen) atoms. The van der Waals surface area contributed by atoms with Gasteiger partial charge in [-0.2, -0.15) is 5.26 Å². The van der Waals surface area contributed by atoms with E-state index in [0.717, 1.165) is 31.2 Å². The van der Waals surface area contributed by atoms with Crippen molar-refractivity contribution < 1.29 is 14.3 Å². The maximum Gasteiger partial charge on any atom is 0.158 e. The van der Waals surface area contributed by atoms with E-state index in [0.29, 0.717) is 25.2 Å². The van der Waals surface area contributed by atoms with Gasteiger partial charge >= 0.3 is 0 Å². The fourth-order valence-electron chi connectivity index (χ4n) is 3.72. The van der Waals surface area contributed by atoms with Crippen LogP contribution in [-0.4, -0.2) is 25.3 Å². The lowest BCUT2D eigenvalue weighted by molar-refractivity contribution is -0.149. The average Bonchev–Trinajstić information content (AvgIpc) is 2.66. The van der Waals surface area contributed by atoms with Gasteiger partial charge in [0.2, 0.25) is 0 Å². The van der Waals surface area contributed by atoms with Crippen molar-refractivity contribution in [2.75, 3.05) is 13.2 Å². The molecule has 1 aliphatic carbocycles. The third-order valence-electron chi connectivity index (χ3n) is 4.94. The topological polar surface area (TPSA) is 59.3 Å². The molecule has 0 spiro atoms. The molecule has 136 valence electrons. The first-order valence-electron chi connectivity index (χ1n) is 9.47. The molecule has 1 fully saturated rings. The summed E-state index contributed by atoms with van der Waals surface area (Å²) in [5.41, 5.74) is 1.38. The number of rotatable bonds is 9. The number of carbonyl (C=O) groups excluding carboxylic acids is 1. The van der Waals surface area contributed by atoms with E-state index in [1.54, 1.807) is 6.07 Å². The van der Waals surface area contributed by atoms with Crippen molar-refractivity contribution in [3.8, 4) is 6.07 Å². The van der Waals surface area contributed by atoms with Gasteiger partial charge in [-0.15, -0.1) is 0 Å². The van der Waals surface area contributed by atoms with E-state index in [-0.39, 0.29) is 17.6 Å². The van der Waals surface area contributed by atoms with Crippen LogP contribution in [0.2, 0.25) is 0 Å². The van der Waals surface area contributed by atoms with Crippen LogP contribution in [-0.2, 0) is 14.3 Å². The van der Waals surface area contributed by atoms with Crippen molar-refractivity contribution in [2.45, 2.75) is 64.6 Å². The molecule has 0 N–H and O–H groups in total. The third-order valence-corrected chi connectivity index (χ3v) is 4.94. The monoisotopic (exact) mass is 343 g/mol. The SMILES string of the molecule is CCOC(CC(C(=O)C1CCCCC1)c1ccccc1C#N)OCC. The Morgan fingerprint density at radius 1 is 1.16 bits per heavy atom. The van der Waals surface area contributed by atoms with E-state index < -0.39 is 6.29 Å². The van der Waals surface area contributed by atoms with Gasteiger partial charge in [0.1, 0.15) is 5.78 Å². The number of nitrogens with zero attached hydrogens (tertiary/aromatic N) is 1. The first-order valence-corrected chi connectivity index (χ1v) is 9.47. The average molecular weight is 343 g/mol. The second kappa shape index (κ2) is 10.3. The van der Waals surface area contributed by atoms with Gasteiger partial charge in [-0.25, -0.2) is 0 Å². The number of hydrogen-bond donors (Lipinski definition) is 0. The number of benzene rings is 1. The van der Waals surface area contributed by atoms with Gasteiger partial charge in [0, 0.05) is 31.5 Å². The zero-order valence-corrected chi connectivity index (χ0v) is 15.4. The minimum Gasteiger partial charge on any atom is -0.353 e. The Hall–Kier alpha value is -1.70. The number of ether oxygens (including phenoxy) is 2. The van der Waals surface area contributed by atoms with Gasteiger partial charge in [-0.05, 0) is 38.3 Å². The van der Waals surface area contributed by atoms with E-state index in [1.165, 1.54) is 6.42 Å². The molecule has 0 aliphatic heterocycles. The Labute approximate surface area is 151 Å². The van der Waals surface area contributed by atoms with Gasteiger partial charge in [-0.3, -0.25) is 4.79 Å². The van der Waals surface area contributed by atoms with E-state index in [1.807, 2.05) is 32.0 Å². The standard InChI is InChI=1S/C21H29NO3/c1-3-24-20(25-4-2)14-19(18-13-9-8-12-17(18)15-22)21(23)16-10-6-5-7-11-16/h8-9,12-13,16,19-20H,3-7,10-11,14H2,1-2H3. The van der Waals surface area contributed by atoms with E-state index in [9.17, 15) is 10.1 Å². The maximum absolute atomic E-state index is 13.3. The summed E-state index contributed by atoms with van der Waals surface area (Å²) in [5, 5.41) is 9.48. The summed E-state index contributed by atoms with van der Waals surface area (Å²) >= 11 is 0. The van der Waals surface area contributed by atoms with Crippen molar-refractivity contribution in [1.29, 1.82) is 5.26 Å². The summed E-state index contributed by atoms with van der Waals surface area (Å²) < 4.78 is 11.4. The molecule has 0 amide bonds. The molecule has 1 aromatic carbocycles. The molecule has 1 atom stereocenters. The highest BCUT2D eigenvalue weighted by molar-refractivity contribution is 5.88. The quantitative estimate of drug-likeness (QED) is 0.616. The van der Waals surface area contributed by atoms with Crippen molar-refractivity contribution in [3.63, 3.8) is 0 Å². The normalized spacial score (nSPS) is 16.6. The summed E-state index contributed by atoms with van der Waals surface area (Å²) in [5.74, 6) is -0.0109. The fourth-order valence-corrected chi connectivity index (χ4v) is 3.72. The van der Waals surface area contributed by atoms with Crippen molar-refractivity contribution in [1.82, 2.24) is 0 Å². The third kappa shape index (κ3) is 5.39. The predicted octanol–water partition coefficient (Wildman–Crippen LogP) is 4.58. The lowest BCUT2D eigenvalue weighted by Gasteiger charge is -2.28. The predicted molar refractivity (Wildman–Crippen MR) is 97.1 cm³/mol. The second-order valence-corrected chi connectivity index (χ2v) is 6.56. The van der Waals surface area contributed by atoms with Crippen LogP contribution in [0.5, 0.6) is 0 Å². The minimum absolute atomic E-state index is 0.0920. The fraction of sp³-hybridized carbons (Fsp3) is 0.619. The lowest BCUT2D eigenvalue weighted by atomic mass is 9.77. The summed E-state index contributed by atoms with van der Waals surface area (Å²) in [6, 6.07) is 9.66. The number of hydrogen-bond acceptors (Lipinski definition) is 4. The van der Waals surface area contributed by atoms with Crippen LogP contribution in [0.3, 0.4) is 0 Å². The Kier molecular flexibility index (Phi) is 8.11. The number of nitriles is 1. The molecule has 0 aromatic heterocycles. The van der Waals surface area contributed by atoms with Crippen LogP contribution < -0.4 is 0 Å². The largest absolute Gasteiger partial charge is 0.353 e. The summed E-state index contributed by atoms with van der Waals surface area (Å²) in [6.07, 6.45) is 5.40. The molecular formula is C21H29NO3. The molecule has 0 saturated heterocycles. The molecule has 1 unspecified atom stereocenters. The van der Waals surface area contributed by atoms with Crippen LogP contribution in [0, 0.1) is 17.2 Å². The van der Waals surface area contributed by atoms with Gasteiger partial charge in [0.05, 0.1) is 11.6 Å². The van der Waals surface area contributed by atoms with Gasteiger partial charge in [0.25, 0.3) is 0 Å². The molecule has 0 bridgehead atoms. The van der Waals surface area contributed by atoms with Crippen molar-refractivity contribution in [2.24, 2.45) is 5.92 Å². The number of carbonyl (C=O) groups is 1. The molecular weight excluding hydrogens is 314 g/mol. The zero-order chi connectivity index (χ0) is 18.1. The maximum atomic E-state index is 13.3. The highest BCUT2D eigenvalue weighted by Crippen LogP contribution is 2.34. The Bertz CT molecular complexity index is 581. The van der Waals surface area contributed by atoms with Crippen LogP contribution in [0.4, 0.5) is 0 Å². The lowest BCUT2D eigenvalue weighted by Crippen LogP contribution is -2.29. The van der Waals surface area contributed by atoms with Gasteiger partial charge in [0.15, 0.2) is 6.29 Å².